The van der Waals surface area contributed by atoms with Crippen LogP contribution in [0.5, 0.6) is 0 Å². The van der Waals surface area contributed by atoms with E-state index in [4.69, 9.17) is 0 Å². The molecule has 0 aliphatic carbocycles. The minimum Gasteiger partial charge on any atom is -0.310 e. The SMILES string of the molecule is c1ccc(-c2cccc(N(c3ccc(-c4ccc5c(ccc6ccccc65)c4)cc3)c3ccccc3-c3ccccc3-c3ccccc3-c3ccccc3)c2)cc1. The van der Waals surface area contributed by atoms with E-state index in [-0.39, 0.29) is 0 Å². The fraction of sp³-hybridized carbons (Fsp3) is 0. The zero-order valence-electron chi connectivity index (χ0n) is 31.5. The monoisotopic (exact) mass is 725 g/mol. The molecule has 10 rings (SSSR count). The summed E-state index contributed by atoms with van der Waals surface area (Å²) in [6.07, 6.45) is 0. The fourth-order valence-electron chi connectivity index (χ4n) is 8.31. The highest BCUT2D eigenvalue weighted by Gasteiger charge is 2.20. The van der Waals surface area contributed by atoms with E-state index in [1.165, 1.54) is 71.6 Å². The van der Waals surface area contributed by atoms with E-state index in [1.807, 2.05) is 0 Å². The van der Waals surface area contributed by atoms with Crippen LogP contribution in [0.4, 0.5) is 17.1 Å². The molecule has 0 atom stereocenters. The van der Waals surface area contributed by atoms with Crippen molar-refractivity contribution < 1.29 is 0 Å². The Balaban J connectivity index is 1.12. The first-order chi connectivity index (χ1) is 28.3. The summed E-state index contributed by atoms with van der Waals surface area (Å²) in [5, 5.41) is 5.08. The largest absolute Gasteiger partial charge is 0.310 e. The van der Waals surface area contributed by atoms with Crippen molar-refractivity contribution in [1.29, 1.82) is 0 Å². The van der Waals surface area contributed by atoms with E-state index in [9.17, 15) is 0 Å². The standard InChI is InChI=1S/C56H39N/c1-3-16-40(17-4-1)44-21-15-22-48(39-44)57(47-35-32-41(33-36-47)45-34-37-51-46(38-45)31-30-43-20-7-8-23-49(43)51)56-29-14-13-28-55(56)54-27-12-11-26-53(54)52-25-10-9-24-50(52)42-18-5-2-6-19-42/h1-39H. The van der Waals surface area contributed by atoms with Crippen LogP contribution in [0.15, 0.2) is 237 Å². The molecular weight excluding hydrogens is 687 g/mol. The van der Waals surface area contributed by atoms with Crippen LogP contribution >= 0.6 is 0 Å². The lowest BCUT2D eigenvalue weighted by Crippen LogP contribution is -2.11. The molecule has 0 amide bonds. The first kappa shape index (κ1) is 34.0. The van der Waals surface area contributed by atoms with Gasteiger partial charge >= 0.3 is 0 Å². The molecule has 0 aromatic heterocycles. The van der Waals surface area contributed by atoms with Crippen molar-refractivity contribution in [3.8, 4) is 55.6 Å². The lowest BCUT2D eigenvalue weighted by atomic mass is 9.88. The van der Waals surface area contributed by atoms with Crippen LogP contribution in [0.25, 0.3) is 77.2 Å². The molecule has 0 saturated carbocycles. The van der Waals surface area contributed by atoms with E-state index in [0.717, 1.165) is 22.6 Å². The van der Waals surface area contributed by atoms with Crippen molar-refractivity contribution in [2.75, 3.05) is 4.90 Å². The maximum absolute atomic E-state index is 2.41. The van der Waals surface area contributed by atoms with E-state index in [1.54, 1.807) is 0 Å². The third kappa shape index (κ3) is 6.56. The lowest BCUT2D eigenvalue weighted by molar-refractivity contribution is 1.28. The highest BCUT2D eigenvalue weighted by molar-refractivity contribution is 6.08. The van der Waals surface area contributed by atoms with Gasteiger partial charge in [-0.3, -0.25) is 0 Å². The van der Waals surface area contributed by atoms with Crippen LogP contribution in [-0.4, -0.2) is 0 Å². The number of hydrogen-bond acceptors (Lipinski definition) is 1. The number of benzene rings is 10. The quantitative estimate of drug-likeness (QED) is 0.141. The van der Waals surface area contributed by atoms with E-state index in [0.29, 0.717) is 0 Å². The smallest absolute Gasteiger partial charge is 0.0540 e. The van der Waals surface area contributed by atoms with Crippen molar-refractivity contribution in [1.82, 2.24) is 0 Å². The van der Waals surface area contributed by atoms with Gasteiger partial charge in [0.2, 0.25) is 0 Å². The molecule has 0 aliphatic rings. The van der Waals surface area contributed by atoms with Gasteiger partial charge in [-0.15, -0.1) is 0 Å². The normalized spacial score (nSPS) is 11.2. The second-order valence-corrected chi connectivity index (χ2v) is 14.5. The van der Waals surface area contributed by atoms with E-state index < -0.39 is 0 Å². The Morgan fingerprint density at radius 3 is 1.47 bits per heavy atom. The summed E-state index contributed by atoms with van der Waals surface area (Å²) in [6.45, 7) is 0. The maximum Gasteiger partial charge on any atom is 0.0540 e. The summed E-state index contributed by atoms with van der Waals surface area (Å²) in [7, 11) is 0. The number of para-hydroxylation sites is 1. The molecule has 0 unspecified atom stereocenters. The van der Waals surface area contributed by atoms with E-state index >= 15 is 0 Å². The molecular formula is C56H39N. The lowest BCUT2D eigenvalue weighted by Gasteiger charge is -2.29. The third-order valence-electron chi connectivity index (χ3n) is 11.1. The molecule has 0 aliphatic heterocycles. The topological polar surface area (TPSA) is 3.24 Å². The minimum absolute atomic E-state index is 1.09. The number of rotatable bonds is 8. The molecule has 0 fully saturated rings. The van der Waals surface area contributed by atoms with Gasteiger partial charge in [-0.05, 0) is 108 Å². The summed E-state index contributed by atoms with van der Waals surface area (Å²) in [4.78, 5) is 2.41. The Morgan fingerprint density at radius 1 is 0.228 bits per heavy atom. The highest BCUT2D eigenvalue weighted by atomic mass is 15.1. The first-order valence-electron chi connectivity index (χ1n) is 19.6. The Bertz CT molecular complexity index is 3000. The molecule has 0 spiro atoms. The fourth-order valence-corrected chi connectivity index (χ4v) is 8.31. The van der Waals surface area contributed by atoms with Crippen LogP contribution in [-0.2, 0) is 0 Å². The molecule has 10 aromatic rings. The Morgan fingerprint density at radius 2 is 0.719 bits per heavy atom. The molecule has 0 radical (unpaired) electrons. The highest BCUT2D eigenvalue weighted by Crippen LogP contribution is 2.46. The van der Waals surface area contributed by atoms with E-state index in [2.05, 4.69) is 241 Å². The average molecular weight is 726 g/mol. The molecule has 0 N–H and O–H groups in total. The van der Waals surface area contributed by atoms with Gasteiger partial charge in [-0.1, -0.05) is 200 Å². The van der Waals surface area contributed by atoms with Gasteiger partial charge in [0.15, 0.2) is 0 Å². The molecule has 0 saturated heterocycles. The van der Waals surface area contributed by atoms with Crippen molar-refractivity contribution in [3.63, 3.8) is 0 Å². The number of fused-ring (bicyclic) bond motifs is 3. The van der Waals surface area contributed by atoms with Crippen molar-refractivity contribution in [2.45, 2.75) is 0 Å². The number of anilines is 3. The van der Waals surface area contributed by atoms with Gasteiger partial charge in [0, 0.05) is 16.9 Å². The third-order valence-corrected chi connectivity index (χ3v) is 11.1. The second-order valence-electron chi connectivity index (χ2n) is 14.5. The summed E-state index contributed by atoms with van der Waals surface area (Å²) >= 11 is 0. The van der Waals surface area contributed by atoms with Crippen LogP contribution in [0.1, 0.15) is 0 Å². The summed E-state index contributed by atoms with van der Waals surface area (Å²) < 4.78 is 0. The van der Waals surface area contributed by atoms with Crippen molar-refractivity contribution >= 4 is 38.6 Å². The molecule has 0 bridgehead atoms. The summed E-state index contributed by atoms with van der Waals surface area (Å²) in [5.74, 6) is 0. The number of hydrogen-bond donors (Lipinski definition) is 0. The predicted octanol–water partition coefficient (Wildman–Crippen LogP) is 15.8. The summed E-state index contributed by atoms with van der Waals surface area (Å²) in [5.41, 5.74) is 15.2. The molecule has 1 heteroatoms. The van der Waals surface area contributed by atoms with Gasteiger partial charge in [-0.2, -0.15) is 0 Å². The Kier molecular flexibility index (Phi) is 8.95. The van der Waals surface area contributed by atoms with Crippen molar-refractivity contribution in [2.24, 2.45) is 0 Å². The van der Waals surface area contributed by atoms with Gasteiger partial charge in [-0.25, -0.2) is 0 Å². The Hall–Kier alpha value is -7.48. The predicted molar refractivity (Wildman–Crippen MR) is 243 cm³/mol. The zero-order chi connectivity index (χ0) is 38.0. The molecule has 57 heavy (non-hydrogen) atoms. The van der Waals surface area contributed by atoms with Crippen LogP contribution < -0.4 is 4.90 Å². The number of nitrogens with zero attached hydrogens (tertiary/aromatic N) is 1. The second kappa shape index (κ2) is 15.0. The van der Waals surface area contributed by atoms with Gasteiger partial charge in [0.25, 0.3) is 0 Å². The van der Waals surface area contributed by atoms with Gasteiger partial charge in [0.1, 0.15) is 0 Å². The van der Waals surface area contributed by atoms with Gasteiger partial charge < -0.3 is 4.90 Å². The molecule has 10 aromatic carbocycles. The maximum atomic E-state index is 2.41. The zero-order valence-corrected chi connectivity index (χ0v) is 31.5. The molecule has 1 nitrogen and oxygen atoms in total. The first-order valence-corrected chi connectivity index (χ1v) is 19.6. The average Bonchev–Trinajstić information content (AvgIpc) is 3.30. The van der Waals surface area contributed by atoms with Crippen LogP contribution in [0.3, 0.4) is 0 Å². The van der Waals surface area contributed by atoms with Crippen LogP contribution in [0, 0.1) is 0 Å². The Labute approximate surface area is 334 Å². The molecule has 0 heterocycles. The van der Waals surface area contributed by atoms with Gasteiger partial charge in [0.05, 0.1) is 5.69 Å². The molecule has 268 valence electrons. The van der Waals surface area contributed by atoms with Crippen LogP contribution in [0.2, 0.25) is 0 Å². The minimum atomic E-state index is 1.09. The van der Waals surface area contributed by atoms with Crippen molar-refractivity contribution in [3.05, 3.63) is 237 Å². The summed E-state index contributed by atoms with van der Waals surface area (Å²) in [6, 6.07) is 85.6.